The van der Waals surface area contributed by atoms with E-state index in [4.69, 9.17) is 0 Å². The van der Waals surface area contributed by atoms with Gasteiger partial charge in [-0.05, 0) is 84.9 Å². The first-order chi connectivity index (χ1) is 13.0. The van der Waals surface area contributed by atoms with Gasteiger partial charge in [0.25, 0.3) is 0 Å². The summed E-state index contributed by atoms with van der Waals surface area (Å²) in [7, 11) is 0. The molecule has 0 spiro atoms. The minimum absolute atomic E-state index is 0.903. The van der Waals surface area contributed by atoms with Crippen molar-refractivity contribution in [2.24, 2.45) is 59.2 Å². The molecule has 0 aromatic carbocycles. The second-order valence-electron chi connectivity index (χ2n) is 12.1. The zero-order chi connectivity index (χ0) is 21.4. The molecule has 0 heteroatoms. The van der Waals surface area contributed by atoms with E-state index < -0.39 is 0 Å². The fraction of sp³-hybridized carbons (Fsp3) is 1.00. The van der Waals surface area contributed by atoms with Crippen molar-refractivity contribution < 1.29 is 0 Å². The van der Waals surface area contributed by atoms with E-state index in [9.17, 15) is 0 Å². The molecule has 168 valence electrons. The normalized spacial score (nSPS) is 37.8. The van der Waals surface area contributed by atoms with Crippen LogP contribution in [0.4, 0.5) is 0 Å². The average Bonchev–Trinajstić information content (AvgIpc) is 3.31. The summed E-state index contributed by atoms with van der Waals surface area (Å²) in [6.07, 6.45) is 11.8. The Balaban J connectivity index is 0.000000210. The largest absolute Gasteiger partial charge is 0.0625 e. The Labute approximate surface area is 180 Å². The first-order valence-corrected chi connectivity index (χ1v) is 13.0. The minimum Gasteiger partial charge on any atom is -0.0625 e. The molecular formula is C28H56. The zero-order valence-electron chi connectivity index (χ0n) is 21.4. The van der Waals surface area contributed by atoms with Crippen LogP contribution in [0, 0.1) is 59.2 Å². The molecule has 0 amide bonds. The second kappa shape index (κ2) is 12.6. The minimum atomic E-state index is 0.903. The van der Waals surface area contributed by atoms with Gasteiger partial charge in [-0.25, -0.2) is 0 Å². The summed E-state index contributed by atoms with van der Waals surface area (Å²) in [5.74, 6) is 9.80. The molecule has 28 heavy (non-hydrogen) atoms. The summed E-state index contributed by atoms with van der Waals surface area (Å²) in [4.78, 5) is 0. The average molecular weight is 393 g/mol. The maximum Gasteiger partial charge on any atom is -0.0363 e. The summed E-state index contributed by atoms with van der Waals surface area (Å²) in [5.41, 5.74) is 0. The lowest BCUT2D eigenvalue weighted by molar-refractivity contribution is 0.282. The Bertz CT molecular complexity index is 393. The predicted molar refractivity (Wildman–Crippen MR) is 129 cm³/mol. The van der Waals surface area contributed by atoms with Crippen LogP contribution < -0.4 is 0 Å². The molecule has 3 saturated carbocycles. The van der Waals surface area contributed by atoms with Gasteiger partial charge in [-0.2, -0.15) is 0 Å². The summed E-state index contributed by atoms with van der Waals surface area (Å²) in [6, 6.07) is 0. The first-order valence-electron chi connectivity index (χ1n) is 13.0. The quantitative estimate of drug-likeness (QED) is 0.448. The van der Waals surface area contributed by atoms with Gasteiger partial charge in [0.1, 0.15) is 0 Å². The van der Waals surface area contributed by atoms with Gasteiger partial charge in [-0.3, -0.25) is 0 Å². The standard InChI is InChI=1S/C10H20.2C9H18/c1-7(2)10-6-5-8(3)9(10)4;1-7(2)9-5-4-8(3)6-9;1-7(2)9-6-4-5-8(9)3/h7-10H,5-6H2,1-4H3;2*7-9H,4-6H2,1-3H3. The summed E-state index contributed by atoms with van der Waals surface area (Å²) >= 11 is 0. The molecule has 3 aliphatic carbocycles. The van der Waals surface area contributed by atoms with E-state index in [1.165, 1.54) is 51.4 Å². The van der Waals surface area contributed by atoms with Gasteiger partial charge < -0.3 is 0 Å². The Hall–Kier alpha value is 0. The van der Waals surface area contributed by atoms with Gasteiger partial charge in [-0.1, -0.05) is 94.9 Å². The molecule has 0 aliphatic heterocycles. The van der Waals surface area contributed by atoms with Gasteiger partial charge in [-0.15, -0.1) is 0 Å². The predicted octanol–water partition coefficient (Wildman–Crippen LogP) is 9.48. The van der Waals surface area contributed by atoms with Crippen LogP contribution in [-0.2, 0) is 0 Å². The van der Waals surface area contributed by atoms with E-state index in [-0.39, 0.29) is 0 Å². The van der Waals surface area contributed by atoms with Crippen molar-refractivity contribution in [3.8, 4) is 0 Å². The fourth-order valence-corrected chi connectivity index (χ4v) is 6.36. The zero-order valence-corrected chi connectivity index (χ0v) is 21.4. The second-order valence-corrected chi connectivity index (χ2v) is 12.1. The molecule has 0 saturated heterocycles. The third-order valence-electron chi connectivity index (χ3n) is 8.85. The highest BCUT2D eigenvalue weighted by atomic mass is 14.4. The van der Waals surface area contributed by atoms with Crippen LogP contribution in [-0.4, -0.2) is 0 Å². The molecule has 0 aromatic rings. The topological polar surface area (TPSA) is 0 Å². The van der Waals surface area contributed by atoms with Crippen molar-refractivity contribution in [2.75, 3.05) is 0 Å². The van der Waals surface area contributed by atoms with Crippen LogP contribution in [0.25, 0.3) is 0 Å². The van der Waals surface area contributed by atoms with Gasteiger partial charge in [0.2, 0.25) is 0 Å². The van der Waals surface area contributed by atoms with Gasteiger partial charge >= 0.3 is 0 Å². The monoisotopic (exact) mass is 392 g/mol. The molecule has 0 N–H and O–H groups in total. The highest BCUT2D eigenvalue weighted by molar-refractivity contribution is 4.81. The molecule has 0 nitrogen and oxygen atoms in total. The third kappa shape index (κ3) is 8.39. The lowest BCUT2D eigenvalue weighted by atomic mass is 9.85. The molecule has 7 atom stereocenters. The fourth-order valence-electron chi connectivity index (χ4n) is 6.36. The Morgan fingerprint density at radius 1 is 0.536 bits per heavy atom. The number of rotatable bonds is 3. The van der Waals surface area contributed by atoms with Crippen molar-refractivity contribution in [2.45, 2.75) is 121 Å². The van der Waals surface area contributed by atoms with E-state index >= 15 is 0 Å². The molecule has 0 radical (unpaired) electrons. The van der Waals surface area contributed by atoms with Crippen LogP contribution >= 0.6 is 0 Å². The van der Waals surface area contributed by atoms with Crippen molar-refractivity contribution in [3.63, 3.8) is 0 Å². The molecule has 0 bridgehead atoms. The molecule has 3 fully saturated rings. The SMILES string of the molecule is CC(C)C1CCC(C)C1C.CC(C)C1CCCC1C.CC1CCC(C(C)C)C1. The van der Waals surface area contributed by atoms with Crippen molar-refractivity contribution in [3.05, 3.63) is 0 Å². The van der Waals surface area contributed by atoms with Crippen LogP contribution in [0.5, 0.6) is 0 Å². The van der Waals surface area contributed by atoms with Gasteiger partial charge in [0.05, 0.1) is 0 Å². The Kier molecular flexibility index (Phi) is 11.8. The van der Waals surface area contributed by atoms with E-state index in [0.29, 0.717) is 0 Å². The number of hydrogen-bond acceptors (Lipinski definition) is 0. The van der Waals surface area contributed by atoms with Crippen LogP contribution in [0.15, 0.2) is 0 Å². The maximum absolute atomic E-state index is 2.42. The maximum atomic E-state index is 2.42. The molecule has 3 rings (SSSR count). The lowest BCUT2D eigenvalue weighted by Crippen LogP contribution is -2.14. The van der Waals surface area contributed by atoms with E-state index in [1.807, 2.05) is 0 Å². The number of hydrogen-bond donors (Lipinski definition) is 0. The third-order valence-corrected chi connectivity index (χ3v) is 8.85. The summed E-state index contributed by atoms with van der Waals surface area (Å²) in [6.45, 7) is 23.7. The van der Waals surface area contributed by atoms with E-state index in [0.717, 1.165) is 59.2 Å². The summed E-state index contributed by atoms with van der Waals surface area (Å²) in [5, 5.41) is 0. The molecule has 0 heterocycles. The van der Waals surface area contributed by atoms with Crippen molar-refractivity contribution in [1.29, 1.82) is 0 Å². The van der Waals surface area contributed by atoms with Gasteiger partial charge in [0.15, 0.2) is 0 Å². The summed E-state index contributed by atoms with van der Waals surface area (Å²) < 4.78 is 0. The molecule has 7 unspecified atom stereocenters. The highest BCUT2D eigenvalue weighted by Gasteiger charge is 2.31. The Morgan fingerprint density at radius 2 is 1.14 bits per heavy atom. The van der Waals surface area contributed by atoms with Crippen LogP contribution in [0.3, 0.4) is 0 Å². The lowest BCUT2D eigenvalue weighted by Gasteiger charge is -2.21. The van der Waals surface area contributed by atoms with Crippen molar-refractivity contribution >= 4 is 0 Å². The highest BCUT2D eigenvalue weighted by Crippen LogP contribution is 2.40. The molecule has 0 aromatic heterocycles. The first kappa shape index (κ1) is 26.0. The molecular weight excluding hydrogens is 336 g/mol. The van der Waals surface area contributed by atoms with Crippen molar-refractivity contribution in [1.82, 2.24) is 0 Å². The van der Waals surface area contributed by atoms with Crippen LogP contribution in [0.2, 0.25) is 0 Å². The van der Waals surface area contributed by atoms with Gasteiger partial charge in [0, 0.05) is 0 Å². The van der Waals surface area contributed by atoms with E-state index in [1.54, 1.807) is 0 Å². The Morgan fingerprint density at radius 3 is 1.36 bits per heavy atom. The van der Waals surface area contributed by atoms with Crippen LogP contribution in [0.1, 0.15) is 121 Å². The van der Waals surface area contributed by atoms with E-state index in [2.05, 4.69) is 69.2 Å². The molecule has 3 aliphatic rings. The smallest absolute Gasteiger partial charge is 0.0363 e.